The normalized spacial score (nSPS) is 17.7. The SMILES string of the molecule is CC[C@H](NC(=O)[C@H]1CCN(S(C)(=O)=O)c2ccccc2O1)c1ccc(C)cc1C. The number of carbonyl (C=O) groups excluding carboxylic acids is 1. The van der Waals surface area contributed by atoms with Crippen LogP contribution in [0.3, 0.4) is 0 Å². The Balaban J connectivity index is 1.83. The van der Waals surface area contributed by atoms with E-state index in [0.717, 1.165) is 23.8 Å². The molecule has 1 N–H and O–H groups in total. The first-order valence-electron chi connectivity index (χ1n) is 9.81. The molecule has 0 aromatic heterocycles. The topological polar surface area (TPSA) is 75.7 Å². The van der Waals surface area contributed by atoms with E-state index < -0.39 is 16.1 Å². The van der Waals surface area contributed by atoms with Gasteiger partial charge in [0, 0.05) is 13.0 Å². The van der Waals surface area contributed by atoms with Crippen molar-refractivity contribution in [2.75, 3.05) is 17.1 Å². The summed E-state index contributed by atoms with van der Waals surface area (Å²) in [7, 11) is -3.47. The summed E-state index contributed by atoms with van der Waals surface area (Å²) in [5.41, 5.74) is 3.86. The minimum atomic E-state index is -3.47. The number of nitrogens with zero attached hydrogens (tertiary/aromatic N) is 1. The number of rotatable bonds is 5. The highest BCUT2D eigenvalue weighted by atomic mass is 32.2. The van der Waals surface area contributed by atoms with Crippen LogP contribution >= 0.6 is 0 Å². The van der Waals surface area contributed by atoms with Crippen LogP contribution in [0.15, 0.2) is 42.5 Å². The van der Waals surface area contributed by atoms with Gasteiger partial charge in [0.05, 0.1) is 18.0 Å². The van der Waals surface area contributed by atoms with Crippen molar-refractivity contribution in [1.82, 2.24) is 5.32 Å². The molecule has 6 nitrogen and oxygen atoms in total. The highest BCUT2D eigenvalue weighted by Gasteiger charge is 2.32. The molecule has 0 aliphatic carbocycles. The quantitative estimate of drug-likeness (QED) is 0.810. The molecule has 1 amide bonds. The van der Waals surface area contributed by atoms with Gasteiger partial charge in [-0.25, -0.2) is 8.42 Å². The highest BCUT2D eigenvalue weighted by molar-refractivity contribution is 7.92. The van der Waals surface area contributed by atoms with E-state index in [1.54, 1.807) is 24.3 Å². The Hall–Kier alpha value is -2.54. The number of benzene rings is 2. The third-order valence-corrected chi connectivity index (χ3v) is 6.40. The molecule has 0 unspecified atom stereocenters. The van der Waals surface area contributed by atoms with Gasteiger partial charge in [0.25, 0.3) is 5.91 Å². The van der Waals surface area contributed by atoms with Crippen LogP contribution in [0.5, 0.6) is 5.75 Å². The second-order valence-corrected chi connectivity index (χ2v) is 9.43. The first-order chi connectivity index (χ1) is 13.7. The summed E-state index contributed by atoms with van der Waals surface area (Å²) in [5.74, 6) is 0.164. The van der Waals surface area contributed by atoms with E-state index in [1.807, 2.05) is 32.9 Å². The van der Waals surface area contributed by atoms with Gasteiger partial charge in [-0.1, -0.05) is 42.8 Å². The van der Waals surface area contributed by atoms with Crippen molar-refractivity contribution < 1.29 is 17.9 Å². The second-order valence-electron chi connectivity index (χ2n) is 7.53. The number of anilines is 1. The van der Waals surface area contributed by atoms with E-state index in [0.29, 0.717) is 11.4 Å². The molecular formula is C22H28N2O4S. The molecule has 2 aromatic carbocycles. The van der Waals surface area contributed by atoms with Gasteiger partial charge >= 0.3 is 0 Å². The van der Waals surface area contributed by atoms with Gasteiger partial charge in [0.1, 0.15) is 5.75 Å². The van der Waals surface area contributed by atoms with Crippen LogP contribution in [0.25, 0.3) is 0 Å². The summed E-state index contributed by atoms with van der Waals surface area (Å²) in [4.78, 5) is 13.0. The maximum absolute atomic E-state index is 13.0. The summed E-state index contributed by atoms with van der Waals surface area (Å²) in [6.45, 7) is 6.30. The number of aryl methyl sites for hydroxylation is 2. The lowest BCUT2D eigenvalue weighted by molar-refractivity contribution is -0.128. The zero-order chi connectivity index (χ0) is 21.2. The lowest BCUT2D eigenvalue weighted by Crippen LogP contribution is -2.41. The lowest BCUT2D eigenvalue weighted by Gasteiger charge is -2.23. The second kappa shape index (κ2) is 8.45. The van der Waals surface area contributed by atoms with Gasteiger partial charge < -0.3 is 10.1 Å². The van der Waals surface area contributed by atoms with Gasteiger partial charge in [-0.3, -0.25) is 9.10 Å². The Morgan fingerprint density at radius 2 is 1.97 bits per heavy atom. The summed E-state index contributed by atoms with van der Waals surface area (Å²) in [5, 5.41) is 3.09. The molecular weight excluding hydrogens is 388 g/mol. The molecule has 3 rings (SSSR count). The number of para-hydroxylation sites is 2. The number of hydrogen-bond acceptors (Lipinski definition) is 4. The molecule has 2 atom stereocenters. The highest BCUT2D eigenvalue weighted by Crippen LogP contribution is 2.34. The molecule has 1 aliphatic rings. The minimum absolute atomic E-state index is 0.129. The van der Waals surface area contributed by atoms with E-state index in [-0.39, 0.29) is 24.9 Å². The molecule has 0 spiro atoms. The largest absolute Gasteiger partial charge is 0.478 e. The van der Waals surface area contributed by atoms with Crippen LogP contribution in [-0.4, -0.2) is 33.2 Å². The Kier molecular flexibility index (Phi) is 6.17. The number of hydrogen-bond donors (Lipinski definition) is 1. The van der Waals surface area contributed by atoms with Crippen molar-refractivity contribution in [3.05, 3.63) is 59.2 Å². The van der Waals surface area contributed by atoms with Gasteiger partial charge in [-0.2, -0.15) is 0 Å². The third kappa shape index (κ3) is 4.72. The van der Waals surface area contributed by atoms with Crippen molar-refractivity contribution in [3.63, 3.8) is 0 Å². The van der Waals surface area contributed by atoms with Crippen molar-refractivity contribution in [3.8, 4) is 5.75 Å². The van der Waals surface area contributed by atoms with Gasteiger partial charge in [0.15, 0.2) is 6.10 Å². The molecule has 0 saturated carbocycles. The first-order valence-corrected chi connectivity index (χ1v) is 11.7. The molecule has 29 heavy (non-hydrogen) atoms. The fourth-order valence-corrected chi connectivity index (χ4v) is 4.69. The van der Waals surface area contributed by atoms with Gasteiger partial charge in [-0.05, 0) is 43.5 Å². The number of sulfonamides is 1. The number of nitrogens with one attached hydrogen (secondary N) is 1. The molecule has 0 radical (unpaired) electrons. The predicted molar refractivity (Wildman–Crippen MR) is 115 cm³/mol. The van der Waals surface area contributed by atoms with Crippen LogP contribution < -0.4 is 14.4 Å². The van der Waals surface area contributed by atoms with Crippen LogP contribution in [-0.2, 0) is 14.8 Å². The first kappa shape index (κ1) is 21.2. The zero-order valence-electron chi connectivity index (χ0n) is 17.3. The Morgan fingerprint density at radius 1 is 1.24 bits per heavy atom. The lowest BCUT2D eigenvalue weighted by atomic mass is 9.97. The summed E-state index contributed by atoms with van der Waals surface area (Å²) < 4.78 is 31.7. The van der Waals surface area contributed by atoms with Crippen LogP contribution in [0.1, 0.15) is 42.5 Å². The number of ether oxygens (including phenoxy) is 1. The molecule has 0 bridgehead atoms. The molecule has 0 saturated heterocycles. The fourth-order valence-electron chi connectivity index (χ4n) is 3.74. The molecule has 156 valence electrons. The van der Waals surface area contributed by atoms with E-state index >= 15 is 0 Å². The van der Waals surface area contributed by atoms with Gasteiger partial charge in [0.2, 0.25) is 10.0 Å². The summed E-state index contributed by atoms with van der Waals surface area (Å²) in [6.07, 6.45) is 1.42. The van der Waals surface area contributed by atoms with E-state index in [2.05, 4.69) is 11.4 Å². The average Bonchev–Trinajstić information content (AvgIpc) is 2.86. The molecule has 0 fully saturated rings. The smallest absolute Gasteiger partial charge is 0.261 e. The third-order valence-electron chi connectivity index (χ3n) is 5.22. The Labute approximate surface area is 172 Å². The zero-order valence-corrected chi connectivity index (χ0v) is 18.1. The summed E-state index contributed by atoms with van der Waals surface area (Å²) in [6, 6.07) is 13.0. The van der Waals surface area contributed by atoms with E-state index in [9.17, 15) is 13.2 Å². The monoisotopic (exact) mass is 416 g/mol. The average molecular weight is 417 g/mol. The van der Waals surface area contributed by atoms with Crippen LogP contribution in [0.4, 0.5) is 5.69 Å². The summed E-state index contributed by atoms with van der Waals surface area (Å²) >= 11 is 0. The van der Waals surface area contributed by atoms with E-state index in [4.69, 9.17) is 4.74 Å². The maximum atomic E-state index is 13.0. The van der Waals surface area contributed by atoms with Crippen molar-refractivity contribution >= 4 is 21.6 Å². The Morgan fingerprint density at radius 3 is 2.62 bits per heavy atom. The predicted octanol–water partition coefficient (Wildman–Crippen LogP) is 3.49. The standard InChI is InChI=1S/C22H28N2O4S/c1-5-18(17-11-10-15(2)14-16(17)3)23-22(25)21-12-13-24(29(4,26)27)19-8-6-7-9-20(19)28-21/h6-11,14,18,21H,5,12-13H2,1-4H3,(H,23,25)/t18-,21+/m0/s1. The molecule has 1 aliphatic heterocycles. The van der Waals surface area contributed by atoms with Crippen LogP contribution in [0, 0.1) is 13.8 Å². The Bertz CT molecular complexity index is 1000. The number of carbonyl (C=O) groups is 1. The van der Waals surface area contributed by atoms with Crippen LogP contribution in [0.2, 0.25) is 0 Å². The number of amides is 1. The fraction of sp³-hybridized carbons (Fsp3) is 0.409. The van der Waals surface area contributed by atoms with Gasteiger partial charge in [-0.15, -0.1) is 0 Å². The van der Waals surface area contributed by atoms with Crippen molar-refractivity contribution in [1.29, 1.82) is 0 Å². The minimum Gasteiger partial charge on any atom is -0.478 e. The van der Waals surface area contributed by atoms with E-state index in [1.165, 1.54) is 9.87 Å². The molecule has 7 heteroatoms. The maximum Gasteiger partial charge on any atom is 0.261 e. The number of fused-ring (bicyclic) bond motifs is 1. The molecule has 1 heterocycles. The van der Waals surface area contributed by atoms with Crippen molar-refractivity contribution in [2.24, 2.45) is 0 Å². The molecule has 2 aromatic rings. The van der Waals surface area contributed by atoms with Crippen molar-refractivity contribution in [2.45, 2.75) is 45.8 Å².